The molecule has 4 nitrogen and oxygen atoms in total. The Bertz CT molecular complexity index is 750. The summed E-state index contributed by atoms with van der Waals surface area (Å²) in [4.78, 5) is 27.1. The van der Waals surface area contributed by atoms with Crippen molar-refractivity contribution < 1.29 is 14.3 Å². The number of hydrogen-bond donors (Lipinski definition) is 0. The standard InChI is InChI=1S/C18H17NO3/c1-19(2)9-10-22-12-7-8-15-16(11-12)18(21)14-6-4-3-5-13(14)17(15)20/h3-8,11H,9-10H2,1-2H3. The smallest absolute Gasteiger partial charge is 0.194 e. The van der Waals surface area contributed by atoms with Gasteiger partial charge in [-0.05, 0) is 32.3 Å². The van der Waals surface area contributed by atoms with Crippen molar-refractivity contribution in [1.82, 2.24) is 4.90 Å². The molecule has 2 aromatic rings. The second-order valence-corrected chi connectivity index (χ2v) is 5.56. The van der Waals surface area contributed by atoms with Crippen LogP contribution in [0, 0.1) is 0 Å². The molecule has 22 heavy (non-hydrogen) atoms. The van der Waals surface area contributed by atoms with Gasteiger partial charge < -0.3 is 9.64 Å². The van der Waals surface area contributed by atoms with Crippen LogP contribution in [0.25, 0.3) is 0 Å². The van der Waals surface area contributed by atoms with Gasteiger partial charge in [0.05, 0.1) is 0 Å². The van der Waals surface area contributed by atoms with E-state index in [1.807, 2.05) is 19.0 Å². The van der Waals surface area contributed by atoms with Crippen LogP contribution in [0.15, 0.2) is 42.5 Å². The highest BCUT2D eigenvalue weighted by atomic mass is 16.5. The number of ketones is 2. The van der Waals surface area contributed by atoms with Crippen LogP contribution in [-0.2, 0) is 0 Å². The number of likely N-dealkylation sites (N-methyl/N-ethyl adjacent to an activating group) is 1. The summed E-state index contributed by atoms with van der Waals surface area (Å²) < 4.78 is 5.65. The topological polar surface area (TPSA) is 46.6 Å². The van der Waals surface area contributed by atoms with Crippen LogP contribution >= 0.6 is 0 Å². The summed E-state index contributed by atoms with van der Waals surface area (Å²) >= 11 is 0. The van der Waals surface area contributed by atoms with Gasteiger partial charge in [-0.1, -0.05) is 24.3 Å². The second kappa shape index (κ2) is 5.73. The Hall–Kier alpha value is -2.46. The molecule has 0 saturated heterocycles. The van der Waals surface area contributed by atoms with E-state index in [2.05, 4.69) is 0 Å². The number of fused-ring (bicyclic) bond motifs is 2. The molecule has 0 heterocycles. The average molecular weight is 295 g/mol. The summed E-state index contributed by atoms with van der Waals surface area (Å²) in [6.07, 6.45) is 0. The van der Waals surface area contributed by atoms with Gasteiger partial charge in [0.25, 0.3) is 0 Å². The summed E-state index contributed by atoms with van der Waals surface area (Å²) in [5.41, 5.74) is 1.81. The number of hydrogen-bond acceptors (Lipinski definition) is 4. The first kappa shape index (κ1) is 14.5. The van der Waals surface area contributed by atoms with E-state index in [1.165, 1.54) is 0 Å². The first-order chi connectivity index (χ1) is 10.6. The Morgan fingerprint density at radius 3 is 2.09 bits per heavy atom. The third kappa shape index (κ3) is 2.53. The van der Waals surface area contributed by atoms with Gasteiger partial charge in [-0.2, -0.15) is 0 Å². The normalized spacial score (nSPS) is 13.0. The van der Waals surface area contributed by atoms with E-state index in [9.17, 15) is 9.59 Å². The molecule has 0 N–H and O–H groups in total. The van der Waals surface area contributed by atoms with Crippen LogP contribution in [0.4, 0.5) is 0 Å². The molecule has 3 rings (SSSR count). The van der Waals surface area contributed by atoms with Crippen molar-refractivity contribution in [2.75, 3.05) is 27.2 Å². The van der Waals surface area contributed by atoms with Gasteiger partial charge in [-0.3, -0.25) is 9.59 Å². The van der Waals surface area contributed by atoms with Crippen molar-refractivity contribution in [3.05, 3.63) is 64.7 Å². The number of nitrogens with zero attached hydrogens (tertiary/aromatic N) is 1. The van der Waals surface area contributed by atoms with Crippen molar-refractivity contribution >= 4 is 11.6 Å². The van der Waals surface area contributed by atoms with Crippen molar-refractivity contribution in [1.29, 1.82) is 0 Å². The summed E-state index contributed by atoms with van der Waals surface area (Å²) in [7, 11) is 3.94. The molecule has 0 bridgehead atoms. The molecule has 0 amide bonds. The molecule has 1 aliphatic rings. The van der Waals surface area contributed by atoms with Gasteiger partial charge >= 0.3 is 0 Å². The molecule has 0 fully saturated rings. The molecule has 0 aromatic heterocycles. The first-order valence-corrected chi connectivity index (χ1v) is 7.18. The van der Waals surface area contributed by atoms with Crippen LogP contribution in [-0.4, -0.2) is 43.7 Å². The summed E-state index contributed by atoms with van der Waals surface area (Å²) in [5, 5.41) is 0. The summed E-state index contributed by atoms with van der Waals surface area (Å²) in [6.45, 7) is 1.32. The molecule has 112 valence electrons. The van der Waals surface area contributed by atoms with Gasteiger partial charge in [0.2, 0.25) is 0 Å². The molecule has 0 atom stereocenters. The lowest BCUT2D eigenvalue weighted by molar-refractivity contribution is 0.0978. The van der Waals surface area contributed by atoms with Gasteiger partial charge in [-0.25, -0.2) is 0 Å². The zero-order valence-electron chi connectivity index (χ0n) is 12.6. The lowest BCUT2D eigenvalue weighted by Crippen LogP contribution is -2.21. The lowest BCUT2D eigenvalue weighted by atomic mass is 9.84. The molecule has 4 heteroatoms. The molecule has 1 aliphatic carbocycles. The highest BCUT2D eigenvalue weighted by Crippen LogP contribution is 2.29. The largest absolute Gasteiger partial charge is 0.492 e. The Labute approximate surface area is 129 Å². The van der Waals surface area contributed by atoms with Crippen molar-refractivity contribution in [2.24, 2.45) is 0 Å². The van der Waals surface area contributed by atoms with Crippen molar-refractivity contribution in [3.63, 3.8) is 0 Å². The van der Waals surface area contributed by atoms with E-state index in [4.69, 9.17) is 4.74 Å². The van der Waals surface area contributed by atoms with Gasteiger partial charge in [0.15, 0.2) is 11.6 Å². The highest BCUT2D eigenvalue weighted by molar-refractivity contribution is 6.28. The van der Waals surface area contributed by atoms with E-state index in [-0.39, 0.29) is 11.6 Å². The van der Waals surface area contributed by atoms with Crippen molar-refractivity contribution in [2.45, 2.75) is 0 Å². The minimum Gasteiger partial charge on any atom is -0.492 e. The third-order valence-electron chi connectivity index (χ3n) is 3.70. The van der Waals surface area contributed by atoms with E-state index in [1.54, 1.807) is 42.5 Å². The maximum Gasteiger partial charge on any atom is 0.194 e. The highest BCUT2D eigenvalue weighted by Gasteiger charge is 2.29. The Kier molecular flexibility index (Phi) is 3.77. The zero-order chi connectivity index (χ0) is 15.7. The number of carbonyl (C=O) groups is 2. The molecule has 2 aromatic carbocycles. The monoisotopic (exact) mass is 295 g/mol. The number of benzene rings is 2. The number of carbonyl (C=O) groups excluding carboxylic acids is 2. The van der Waals surface area contributed by atoms with Crippen LogP contribution in [0.2, 0.25) is 0 Å². The fraction of sp³-hybridized carbons (Fsp3) is 0.222. The number of ether oxygens (including phenoxy) is 1. The predicted molar refractivity (Wildman–Crippen MR) is 83.8 cm³/mol. The van der Waals surface area contributed by atoms with E-state index < -0.39 is 0 Å². The maximum atomic E-state index is 12.6. The average Bonchev–Trinajstić information content (AvgIpc) is 2.52. The molecule has 0 radical (unpaired) electrons. The molecule has 0 saturated carbocycles. The fourth-order valence-electron chi connectivity index (χ4n) is 2.51. The summed E-state index contributed by atoms with van der Waals surface area (Å²) in [5.74, 6) is 0.384. The van der Waals surface area contributed by atoms with Crippen molar-refractivity contribution in [3.8, 4) is 5.75 Å². The quantitative estimate of drug-likeness (QED) is 0.741. The molecule has 0 aliphatic heterocycles. The van der Waals surface area contributed by atoms with Crippen LogP contribution < -0.4 is 4.74 Å². The number of rotatable bonds is 4. The van der Waals surface area contributed by atoms with E-state index in [0.29, 0.717) is 34.6 Å². The molecular weight excluding hydrogens is 278 g/mol. The van der Waals surface area contributed by atoms with Gasteiger partial charge in [0.1, 0.15) is 12.4 Å². The SMILES string of the molecule is CN(C)CCOc1ccc2c(c1)C(=O)c1ccccc1C2=O. The lowest BCUT2D eigenvalue weighted by Gasteiger charge is -2.18. The Morgan fingerprint density at radius 1 is 0.864 bits per heavy atom. The van der Waals surface area contributed by atoms with Crippen LogP contribution in [0.5, 0.6) is 5.75 Å². The minimum absolute atomic E-state index is 0.106. The van der Waals surface area contributed by atoms with E-state index >= 15 is 0 Å². The molecular formula is C18H17NO3. The van der Waals surface area contributed by atoms with Gasteiger partial charge in [-0.15, -0.1) is 0 Å². The second-order valence-electron chi connectivity index (χ2n) is 5.56. The first-order valence-electron chi connectivity index (χ1n) is 7.18. The third-order valence-corrected chi connectivity index (χ3v) is 3.70. The fourth-order valence-corrected chi connectivity index (χ4v) is 2.51. The van der Waals surface area contributed by atoms with Gasteiger partial charge in [0, 0.05) is 28.8 Å². The minimum atomic E-state index is -0.122. The molecule has 0 spiro atoms. The Morgan fingerprint density at radius 2 is 1.45 bits per heavy atom. The predicted octanol–water partition coefficient (Wildman–Crippen LogP) is 2.40. The molecule has 0 unspecified atom stereocenters. The maximum absolute atomic E-state index is 12.6. The Balaban J connectivity index is 1.92. The summed E-state index contributed by atoms with van der Waals surface area (Å²) in [6, 6.07) is 12.0. The van der Waals surface area contributed by atoms with E-state index in [0.717, 1.165) is 6.54 Å². The van der Waals surface area contributed by atoms with Crippen LogP contribution in [0.1, 0.15) is 31.8 Å². The van der Waals surface area contributed by atoms with Crippen LogP contribution in [0.3, 0.4) is 0 Å². The zero-order valence-corrected chi connectivity index (χ0v) is 12.6.